The average molecular weight is 263 g/mol. The van der Waals surface area contributed by atoms with Gasteiger partial charge in [0.05, 0.1) is 25.5 Å². The number of ketones is 1. The maximum atomic E-state index is 11.8. The molecule has 0 amide bonds. The molecule has 0 heterocycles. The Labute approximate surface area is 112 Å². The van der Waals surface area contributed by atoms with E-state index in [1.165, 1.54) is 14.2 Å². The van der Waals surface area contributed by atoms with E-state index in [4.69, 9.17) is 4.74 Å². The number of benzene rings is 1. The van der Waals surface area contributed by atoms with E-state index in [1.54, 1.807) is 25.1 Å². The maximum Gasteiger partial charge on any atom is 0.353 e. The molecule has 0 atom stereocenters. The highest BCUT2D eigenvalue weighted by Gasteiger charge is 2.16. The third-order valence-electron chi connectivity index (χ3n) is 2.56. The molecular weight excluding hydrogens is 246 g/mol. The number of Topliss-reactive ketones (excluding diaryl/α,β-unsaturated/α-hetero) is 1. The monoisotopic (exact) mass is 263 g/mol. The molecule has 102 valence electrons. The van der Waals surface area contributed by atoms with Gasteiger partial charge in [-0.05, 0) is 12.1 Å². The quantitative estimate of drug-likeness (QED) is 0.485. The Bertz CT molecular complexity index is 508. The fraction of sp³-hybridized carbons (Fsp3) is 0.286. The standard InChI is InChI=1S/C14H17NO4/c1-5-12(16)10-7-6-8-11(13(10)18-3)15-9(2)14(17)19-4/h6-8,15H,2,5H2,1,3-4H3. The van der Waals surface area contributed by atoms with Gasteiger partial charge in [0, 0.05) is 6.42 Å². The summed E-state index contributed by atoms with van der Waals surface area (Å²) in [6, 6.07) is 5.08. The smallest absolute Gasteiger partial charge is 0.353 e. The second kappa shape index (κ2) is 6.58. The van der Waals surface area contributed by atoms with Crippen LogP contribution in [0.5, 0.6) is 5.75 Å². The summed E-state index contributed by atoms with van der Waals surface area (Å²) in [6.45, 7) is 5.34. The van der Waals surface area contributed by atoms with E-state index in [0.717, 1.165) is 0 Å². The van der Waals surface area contributed by atoms with Crippen molar-refractivity contribution in [2.45, 2.75) is 13.3 Å². The first-order chi connectivity index (χ1) is 9.04. The Kier molecular flexibility index (Phi) is 5.11. The van der Waals surface area contributed by atoms with E-state index in [9.17, 15) is 9.59 Å². The molecule has 1 rings (SSSR count). The molecule has 0 radical (unpaired) electrons. The van der Waals surface area contributed by atoms with Crippen molar-refractivity contribution in [3.8, 4) is 5.75 Å². The summed E-state index contributed by atoms with van der Waals surface area (Å²) >= 11 is 0. The van der Waals surface area contributed by atoms with Gasteiger partial charge < -0.3 is 14.8 Å². The lowest BCUT2D eigenvalue weighted by Crippen LogP contribution is -2.13. The Hall–Kier alpha value is -2.30. The first-order valence-electron chi connectivity index (χ1n) is 5.79. The Morgan fingerprint density at radius 1 is 1.32 bits per heavy atom. The van der Waals surface area contributed by atoms with Crippen molar-refractivity contribution in [3.63, 3.8) is 0 Å². The molecule has 19 heavy (non-hydrogen) atoms. The highest BCUT2D eigenvalue weighted by molar-refractivity contribution is 6.01. The van der Waals surface area contributed by atoms with Crippen LogP contribution in [0.4, 0.5) is 5.69 Å². The number of para-hydroxylation sites is 1. The molecule has 5 heteroatoms. The van der Waals surface area contributed by atoms with Crippen LogP contribution in [0.25, 0.3) is 0 Å². The SMILES string of the molecule is C=C(Nc1cccc(C(=O)CC)c1OC)C(=O)OC. The number of carbonyl (C=O) groups is 2. The van der Waals surface area contributed by atoms with Crippen molar-refractivity contribution in [2.24, 2.45) is 0 Å². The van der Waals surface area contributed by atoms with Crippen molar-refractivity contribution in [1.82, 2.24) is 0 Å². The fourth-order valence-corrected chi connectivity index (χ4v) is 1.60. The summed E-state index contributed by atoms with van der Waals surface area (Å²) in [6.07, 6.45) is 0.373. The minimum Gasteiger partial charge on any atom is -0.494 e. The molecular formula is C14H17NO4. The molecule has 0 spiro atoms. The number of rotatable bonds is 6. The van der Waals surface area contributed by atoms with Crippen LogP contribution in [0.2, 0.25) is 0 Å². The van der Waals surface area contributed by atoms with E-state index in [2.05, 4.69) is 16.6 Å². The molecule has 1 aromatic carbocycles. The number of methoxy groups -OCH3 is 2. The topological polar surface area (TPSA) is 64.6 Å². The van der Waals surface area contributed by atoms with Gasteiger partial charge in [-0.3, -0.25) is 4.79 Å². The van der Waals surface area contributed by atoms with Gasteiger partial charge >= 0.3 is 5.97 Å². The predicted molar refractivity (Wildman–Crippen MR) is 72.4 cm³/mol. The van der Waals surface area contributed by atoms with E-state index >= 15 is 0 Å². The molecule has 0 unspecified atom stereocenters. The molecule has 1 N–H and O–H groups in total. The second-order valence-corrected chi connectivity index (χ2v) is 3.76. The molecule has 0 aliphatic carbocycles. The van der Waals surface area contributed by atoms with Crippen molar-refractivity contribution >= 4 is 17.4 Å². The van der Waals surface area contributed by atoms with Gasteiger partial charge in [-0.15, -0.1) is 0 Å². The van der Waals surface area contributed by atoms with Gasteiger partial charge in [0.1, 0.15) is 5.70 Å². The molecule has 5 nitrogen and oxygen atoms in total. The van der Waals surface area contributed by atoms with E-state index in [-0.39, 0.29) is 11.5 Å². The van der Waals surface area contributed by atoms with E-state index < -0.39 is 5.97 Å². The van der Waals surface area contributed by atoms with Gasteiger partial charge in [-0.25, -0.2) is 4.79 Å². The highest BCUT2D eigenvalue weighted by atomic mass is 16.5. The van der Waals surface area contributed by atoms with Crippen LogP contribution in [0.3, 0.4) is 0 Å². The Morgan fingerprint density at radius 3 is 2.53 bits per heavy atom. The Morgan fingerprint density at radius 2 is 2.00 bits per heavy atom. The van der Waals surface area contributed by atoms with Gasteiger partial charge in [0.15, 0.2) is 11.5 Å². The number of ether oxygens (including phenoxy) is 2. The number of hydrogen-bond acceptors (Lipinski definition) is 5. The normalized spacial score (nSPS) is 9.63. The zero-order valence-corrected chi connectivity index (χ0v) is 11.3. The highest BCUT2D eigenvalue weighted by Crippen LogP contribution is 2.30. The number of anilines is 1. The van der Waals surface area contributed by atoms with Gasteiger partial charge in [-0.2, -0.15) is 0 Å². The summed E-state index contributed by atoms with van der Waals surface area (Å²) in [5.41, 5.74) is 1.03. The van der Waals surface area contributed by atoms with Crippen LogP contribution >= 0.6 is 0 Å². The van der Waals surface area contributed by atoms with Gasteiger partial charge in [0.25, 0.3) is 0 Å². The van der Waals surface area contributed by atoms with Crippen molar-refractivity contribution in [1.29, 1.82) is 0 Å². The summed E-state index contributed by atoms with van der Waals surface area (Å²) in [5, 5.41) is 2.79. The number of hydrogen-bond donors (Lipinski definition) is 1. The molecule has 0 fully saturated rings. The zero-order valence-electron chi connectivity index (χ0n) is 11.3. The summed E-state index contributed by atoms with van der Waals surface area (Å²) < 4.78 is 9.79. The number of esters is 1. The van der Waals surface area contributed by atoms with Crippen LogP contribution in [-0.4, -0.2) is 26.0 Å². The van der Waals surface area contributed by atoms with Crippen LogP contribution in [0, 0.1) is 0 Å². The van der Waals surface area contributed by atoms with Crippen LogP contribution in [0.1, 0.15) is 23.7 Å². The first-order valence-corrected chi connectivity index (χ1v) is 5.79. The van der Waals surface area contributed by atoms with Crippen LogP contribution < -0.4 is 10.1 Å². The van der Waals surface area contributed by atoms with Crippen LogP contribution in [0.15, 0.2) is 30.5 Å². The maximum absolute atomic E-state index is 11.8. The van der Waals surface area contributed by atoms with Crippen molar-refractivity contribution < 1.29 is 19.1 Å². The molecule has 1 aromatic rings. The largest absolute Gasteiger partial charge is 0.494 e. The fourth-order valence-electron chi connectivity index (χ4n) is 1.60. The lowest BCUT2D eigenvalue weighted by atomic mass is 10.1. The molecule has 0 bridgehead atoms. The van der Waals surface area contributed by atoms with E-state index in [0.29, 0.717) is 23.4 Å². The molecule has 0 aliphatic heterocycles. The predicted octanol–water partition coefficient (Wildman–Crippen LogP) is 2.39. The molecule has 0 aliphatic rings. The second-order valence-electron chi connectivity index (χ2n) is 3.76. The average Bonchev–Trinajstić information content (AvgIpc) is 2.44. The van der Waals surface area contributed by atoms with Gasteiger partial charge in [0.2, 0.25) is 0 Å². The van der Waals surface area contributed by atoms with E-state index in [1.807, 2.05) is 0 Å². The van der Waals surface area contributed by atoms with Crippen molar-refractivity contribution in [3.05, 3.63) is 36.0 Å². The lowest BCUT2D eigenvalue weighted by molar-refractivity contribution is -0.135. The molecule has 0 saturated heterocycles. The first kappa shape index (κ1) is 14.8. The summed E-state index contributed by atoms with van der Waals surface area (Å²) in [5.74, 6) is -0.224. The summed E-state index contributed by atoms with van der Waals surface area (Å²) in [4.78, 5) is 23.1. The summed E-state index contributed by atoms with van der Waals surface area (Å²) in [7, 11) is 2.73. The molecule has 0 aromatic heterocycles. The Balaban J connectivity index is 3.11. The minimum absolute atomic E-state index is 0.0378. The lowest BCUT2D eigenvalue weighted by Gasteiger charge is -2.14. The van der Waals surface area contributed by atoms with Crippen LogP contribution in [-0.2, 0) is 9.53 Å². The minimum atomic E-state index is -0.575. The van der Waals surface area contributed by atoms with Gasteiger partial charge in [-0.1, -0.05) is 19.6 Å². The third-order valence-corrected chi connectivity index (χ3v) is 2.56. The third kappa shape index (κ3) is 3.34. The van der Waals surface area contributed by atoms with Crippen molar-refractivity contribution in [2.75, 3.05) is 19.5 Å². The number of carbonyl (C=O) groups excluding carboxylic acids is 2. The number of nitrogens with one attached hydrogen (secondary N) is 1. The zero-order chi connectivity index (χ0) is 14.4. The molecule has 0 saturated carbocycles.